The summed E-state index contributed by atoms with van der Waals surface area (Å²) >= 11 is 0. The second-order valence-electron chi connectivity index (χ2n) is 4.79. The fraction of sp³-hybridized carbons (Fsp3) is 0.267. The molecule has 2 aromatic rings. The number of aryl methyl sites for hydroxylation is 1. The standard InChI is InChI=1S/C15H16N2O3/c1-9-6-11(15(16)17-8-9)14(18)10-2-3-12-13(7-10)20-5-4-19-12/h2-3,6-8,14,18H,4-5H2,1H3,(H2,16,17). The lowest BCUT2D eigenvalue weighted by atomic mass is 10.0. The number of nitrogens with zero attached hydrogens (tertiary/aromatic N) is 1. The Morgan fingerprint density at radius 1 is 1.20 bits per heavy atom. The average molecular weight is 272 g/mol. The maximum atomic E-state index is 10.5. The summed E-state index contributed by atoms with van der Waals surface area (Å²) in [5.41, 5.74) is 8.09. The number of fused-ring (bicyclic) bond motifs is 1. The molecule has 3 rings (SSSR count). The van der Waals surface area contributed by atoms with Crippen LogP contribution in [-0.2, 0) is 0 Å². The molecule has 1 aromatic heterocycles. The van der Waals surface area contributed by atoms with Crippen LogP contribution < -0.4 is 15.2 Å². The monoisotopic (exact) mass is 272 g/mol. The summed E-state index contributed by atoms with van der Waals surface area (Å²) in [4.78, 5) is 4.07. The van der Waals surface area contributed by atoms with E-state index in [0.29, 0.717) is 41.7 Å². The van der Waals surface area contributed by atoms with Gasteiger partial charge in [-0.2, -0.15) is 0 Å². The Hall–Kier alpha value is -2.27. The maximum absolute atomic E-state index is 10.5. The first-order chi connectivity index (χ1) is 9.65. The van der Waals surface area contributed by atoms with Crippen LogP contribution >= 0.6 is 0 Å². The quantitative estimate of drug-likeness (QED) is 0.872. The molecule has 1 aliphatic rings. The summed E-state index contributed by atoms with van der Waals surface area (Å²) < 4.78 is 11.0. The van der Waals surface area contributed by atoms with E-state index in [9.17, 15) is 5.11 Å². The second kappa shape index (κ2) is 5.02. The third kappa shape index (κ3) is 2.28. The highest BCUT2D eigenvalue weighted by atomic mass is 16.6. The number of aromatic nitrogens is 1. The summed E-state index contributed by atoms with van der Waals surface area (Å²) in [5, 5.41) is 10.5. The Morgan fingerprint density at radius 2 is 1.95 bits per heavy atom. The van der Waals surface area contributed by atoms with Crippen molar-refractivity contribution >= 4 is 5.82 Å². The number of aliphatic hydroxyl groups excluding tert-OH is 1. The van der Waals surface area contributed by atoms with Gasteiger partial charge in [0.05, 0.1) is 0 Å². The van der Waals surface area contributed by atoms with E-state index in [1.807, 2.05) is 13.0 Å². The molecule has 104 valence electrons. The van der Waals surface area contributed by atoms with Gasteiger partial charge in [0.1, 0.15) is 25.1 Å². The van der Waals surface area contributed by atoms with E-state index in [-0.39, 0.29) is 0 Å². The third-order valence-electron chi connectivity index (χ3n) is 3.26. The molecule has 20 heavy (non-hydrogen) atoms. The number of rotatable bonds is 2. The van der Waals surface area contributed by atoms with Crippen molar-refractivity contribution in [2.45, 2.75) is 13.0 Å². The fourth-order valence-corrected chi connectivity index (χ4v) is 2.23. The van der Waals surface area contributed by atoms with E-state index in [0.717, 1.165) is 5.56 Å². The third-order valence-corrected chi connectivity index (χ3v) is 3.26. The van der Waals surface area contributed by atoms with E-state index in [1.54, 1.807) is 24.4 Å². The Labute approximate surface area is 117 Å². The van der Waals surface area contributed by atoms with Gasteiger partial charge in [-0.1, -0.05) is 6.07 Å². The van der Waals surface area contributed by atoms with Gasteiger partial charge in [-0.15, -0.1) is 0 Å². The van der Waals surface area contributed by atoms with Crippen LogP contribution in [0.5, 0.6) is 11.5 Å². The number of hydrogen-bond donors (Lipinski definition) is 2. The van der Waals surface area contributed by atoms with Gasteiger partial charge in [0.2, 0.25) is 0 Å². The lowest BCUT2D eigenvalue weighted by molar-refractivity contribution is 0.169. The van der Waals surface area contributed by atoms with Gasteiger partial charge in [-0.3, -0.25) is 0 Å². The first-order valence-corrected chi connectivity index (χ1v) is 6.45. The van der Waals surface area contributed by atoms with Crippen molar-refractivity contribution in [1.82, 2.24) is 4.98 Å². The first kappa shape index (κ1) is 12.7. The largest absolute Gasteiger partial charge is 0.486 e. The van der Waals surface area contributed by atoms with Gasteiger partial charge >= 0.3 is 0 Å². The molecule has 1 unspecified atom stereocenters. The van der Waals surface area contributed by atoms with Crippen LogP contribution in [0, 0.1) is 6.92 Å². The van der Waals surface area contributed by atoms with Crippen molar-refractivity contribution in [2.75, 3.05) is 18.9 Å². The van der Waals surface area contributed by atoms with E-state index in [4.69, 9.17) is 15.2 Å². The van der Waals surface area contributed by atoms with E-state index >= 15 is 0 Å². The minimum absolute atomic E-state index is 0.331. The predicted molar refractivity (Wildman–Crippen MR) is 74.9 cm³/mol. The average Bonchev–Trinajstić information content (AvgIpc) is 2.48. The van der Waals surface area contributed by atoms with Crippen molar-refractivity contribution < 1.29 is 14.6 Å². The first-order valence-electron chi connectivity index (χ1n) is 6.45. The molecule has 0 bridgehead atoms. The van der Waals surface area contributed by atoms with Crippen LogP contribution in [0.4, 0.5) is 5.82 Å². The van der Waals surface area contributed by atoms with Gasteiger partial charge in [0, 0.05) is 11.8 Å². The molecule has 1 aliphatic heterocycles. The van der Waals surface area contributed by atoms with E-state index in [1.165, 1.54) is 0 Å². The summed E-state index contributed by atoms with van der Waals surface area (Å²) in [6.45, 7) is 2.97. The van der Waals surface area contributed by atoms with Crippen LogP contribution in [0.1, 0.15) is 22.8 Å². The number of ether oxygens (including phenoxy) is 2. The van der Waals surface area contributed by atoms with Gasteiger partial charge in [0.25, 0.3) is 0 Å². The lowest BCUT2D eigenvalue weighted by Crippen LogP contribution is -2.16. The molecule has 0 aliphatic carbocycles. The summed E-state index contributed by atoms with van der Waals surface area (Å²) in [7, 11) is 0. The highest BCUT2D eigenvalue weighted by Crippen LogP contribution is 2.35. The number of nitrogens with two attached hydrogens (primary N) is 1. The number of nitrogen functional groups attached to an aromatic ring is 1. The molecule has 3 N–H and O–H groups in total. The summed E-state index contributed by atoms with van der Waals surface area (Å²) in [6.07, 6.45) is 0.841. The highest BCUT2D eigenvalue weighted by Gasteiger charge is 2.18. The van der Waals surface area contributed by atoms with Crippen LogP contribution in [0.3, 0.4) is 0 Å². The molecular formula is C15H16N2O3. The fourth-order valence-electron chi connectivity index (χ4n) is 2.23. The van der Waals surface area contributed by atoms with Crippen molar-refractivity contribution in [1.29, 1.82) is 0 Å². The summed E-state index contributed by atoms with van der Waals surface area (Å²) in [5.74, 6) is 1.67. The van der Waals surface area contributed by atoms with Gasteiger partial charge in [-0.05, 0) is 36.2 Å². The number of aliphatic hydroxyl groups is 1. The van der Waals surface area contributed by atoms with E-state index in [2.05, 4.69) is 4.98 Å². The zero-order valence-corrected chi connectivity index (χ0v) is 11.2. The zero-order valence-electron chi connectivity index (χ0n) is 11.2. The summed E-state index contributed by atoms with van der Waals surface area (Å²) in [6, 6.07) is 7.22. The normalized spacial score (nSPS) is 14.9. The molecule has 0 saturated heterocycles. The molecule has 2 heterocycles. The van der Waals surface area contributed by atoms with Gasteiger partial charge < -0.3 is 20.3 Å². The number of pyridine rings is 1. The minimum atomic E-state index is -0.835. The van der Waals surface area contributed by atoms with Crippen LogP contribution in [0.2, 0.25) is 0 Å². The van der Waals surface area contributed by atoms with Gasteiger partial charge in [0.15, 0.2) is 11.5 Å². The minimum Gasteiger partial charge on any atom is -0.486 e. The predicted octanol–water partition coefficient (Wildman–Crippen LogP) is 1.83. The van der Waals surface area contributed by atoms with Crippen molar-refractivity contribution in [3.63, 3.8) is 0 Å². The van der Waals surface area contributed by atoms with Crippen molar-refractivity contribution in [3.8, 4) is 11.5 Å². The van der Waals surface area contributed by atoms with Crippen LogP contribution in [-0.4, -0.2) is 23.3 Å². The smallest absolute Gasteiger partial charge is 0.161 e. The highest BCUT2D eigenvalue weighted by molar-refractivity contribution is 5.50. The Bertz CT molecular complexity index is 643. The lowest BCUT2D eigenvalue weighted by Gasteiger charge is -2.20. The van der Waals surface area contributed by atoms with Crippen molar-refractivity contribution in [3.05, 3.63) is 47.2 Å². The van der Waals surface area contributed by atoms with E-state index < -0.39 is 6.10 Å². The molecule has 5 nitrogen and oxygen atoms in total. The molecule has 0 fully saturated rings. The van der Waals surface area contributed by atoms with Gasteiger partial charge in [-0.25, -0.2) is 4.98 Å². The Morgan fingerprint density at radius 3 is 2.75 bits per heavy atom. The zero-order chi connectivity index (χ0) is 14.1. The molecular weight excluding hydrogens is 256 g/mol. The number of anilines is 1. The molecule has 0 radical (unpaired) electrons. The molecule has 0 saturated carbocycles. The second-order valence-corrected chi connectivity index (χ2v) is 4.79. The SMILES string of the molecule is Cc1cnc(N)c(C(O)c2ccc3c(c2)OCCO3)c1. The van der Waals surface area contributed by atoms with Crippen LogP contribution in [0.25, 0.3) is 0 Å². The molecule has 0 amide bonds. The number of hydrogen-bond acceptors (Lipinski definition) is 5. The van der Waals surface area contributed by atoms with Crippen molar-refractivity contribution in [2.24, 2.45) is 0 Å². The Kier molecular flexibility index (Phi) is 3.20. The maximum Gasteiger partial charge on any atom is 0.161 e. The molecule has 0 spiro atoms. The molecule has 1 aromatic carbocycles. The topological polar surface area (TPSA) is 77.6 Å². The van der Waals surface area contributed by atoms with Crippen LogP contribution in [0.15, 0.2) is 30.5 Å². The molecule has 1 atom stereocenters. The Balaban J connectivity index is 1.97. The number of benzene rings is 1. The molecule has 5 heteroatoms.